The van der Waals surface area contributed by atoms with E-state index in [9.17, 15) is 14.9 Å². The summed E-state index contributed by atoms with van der Waals surface area (Å²) in [5, 5.41) is 17.4. The number of para-hydroxylation sites is 1. The van der Waals surface area contributed by atoms with Gasteiger partial charge in [0.1, 0.15) is 12.4 Å². The number of aromatic nitrogens is 2. The molecule has 0 saturated carbocycles. The number of hydrogen-bond donors (Lipinski definition) is 0. The lowest BCUT2D eigenvalue weighted by Crippen LogP contribution is -2.21. The van der Waals surface area contributed by atoms with Crippen molar-refractivity contribution in [3.8, 4) is 22.9 Å². The van der Waals surface area contributed by atoms with Crippen molar-refractivity contribution in [2.45, 2.75) is 40.2 Å². The van der Waals surface area contributed by atoms with Crippen LogP contribution in [-0.2, 0) is 6.61 Å². The van der Waals surface area contributed by atoms with Gasteiger partial charge in [0.15, 0.2) is 11.6 Å². The number of ether oxygens (including phenoxy) is 2. The Labute approximate surface area is 259 Å². The largest absolute Gasteiger partial charge is 0.494 e. The highest BCUT2D eigenvalue weighted by Gasteiger charge is 2.20. The highest BCUT2D eigenvalue weighted by molar-refractivity contribution is 6.31. The van der Waals surface area contributed by atoms with E-state index in [-0.39, 0.29) is 29.5 Å². The third kappa shape index (κ3) is 6.33. The number of rotatable bonds is 10. The fraction of sp³-hybridized carbons (Fsp3) is 0.206. The molecule has 44 heavy (non-hydrogen) atoms. The van der Waals surface area contributed by atoms with E-state index in [0.29, 0.717) is 39.5 Å². The lowest BCUT2D eigenvalue weighted by atomic mass is 9.96. The van der Waals surface area contributed by atoms with Gasteiger partial charge in [0, 0.05) is 27.8 Å². The van der Waals surface area contributed by atoms with E-state index in [1.54, 1.807) is 42.5 Å². The van der Waals surface area contributed by atoms with Crippen molar-refractivity contribution < 1.29 is 14.4 Å². The van der Waals surface area contributed by atoms with Crippen LogP contribution < -0.4 is 15.0 Å². The van der Waals surface area contributed by atoms with Gasteiger partial charge in [-0.1, -0.05) is 55.8 Å². The number of fused-ring (bicyclic) bond motifs is 1. The van der Waals surface area contributed by atoms with Gasteiger partial charge in [-0.2, -0.15) is 9.78 Å². The SMILES string of the molecule is CCOc1cc(C)c(-c2nc3ccccc3c(=O)n2N=Cc2ccc(OCc3ccccc3Cl)c([N+](=O)[O-])c2)cc1C(C)C. The Morgan fingerprint density at radius 2 is 1.77 bits per heavy atom. The molecule has 224 valence electrons. The fourth-order valence-electron chi connectivity index (χ4n) is 4.85. The van der Waals surface area contributed by atoms with E-state index < -0.39 is 4.92 Å². The maximum atomic E-state index is 13.8. The number of benzene rings is 4. The summed E-state index contributed by atoms with van der Waals surface area (Å²) in [6, 6.07) is 22.6. The summed E-state index contributed by atoms with van der Waals surface area (Å²) in [5.41, 5.74) is 3.60. The second kappa shape index (κ2) is 13.1. The Balaban J connectivity index is 1.59. The summed E-state index contributed by atoms with van der Waals surface area (Å²) < 4.78 is 12.9. The summed E-state index contributed by atoms with van der Waals surface area (Å²) >= 11 is 6.21. The molecule has 1 heterocycles. The van der Waals surface area contributed by atoms with Crippen molar-refractivity contribution in [1.82, 2.24) is 9.66 Å². The van der Waals surface area contributed by atoms with Crippen molar-refractivity contribution in [1.29, 1.82) is 0 Å². The minimum Gasteiger partial charge on any atom is -0.494 e. The monoisotopic (exact) mass is 610 g/mol. The van der Waals surface area contributed by atoms with Crippen molar-refractivity contribution in [3.63, 3.8) is 0 Å². The molecule has 0 spiro atoms. The Kier molecular flexibility index (Phi) is 9.06. The molecule has 5 rings (SSSR count). The number of nitro groups is 1. The van der Waals surface area contributed by atoms with Gasteiger partial charge in [-0.15, -0.1) is 0 Å². The van der Waals surface area contributed by atoms with Crippen LogP contribution >= 0.6 is 11.6 Å². The van der Waals surface area contributed by atoms with Crippen LogP contribution in [0.3, 0.4) is 0 Å². The lowest BCUT2D eigenvalue weighted by molar-refractivity contribution is -0.385. The zero-order valence-corrected chi connectivity index (χ0v) is 25.5. The first kappa shape index (κ1) is 30.4. The second-order valence-corrected chi connectivity index (χ2v) is 10.9. The standard InChI is InChI=1S/C34H31ClN4O5/c1-5-43-32-16-22(4)27(18-26(32)21(2)3)33-37-29-13-9-7-11-25(29)34(40)38(33)36-19-23-14-15-31(30(17-23)39(41)42)44-20-24-10-6-8-12-28(24)35/h6-19,21H,5,20H2,1-4H3. The molecule has 5 aromatic rings. The van der Waals surface area contributed by atoms with Gasteiger partial charge in [-0.3, -0.25) is 14.9 Å². The molecule has 0 bridgehead atoms. The zero-order chi connectivity index (χ0) is 31.4. The third-order valence-corrected chi connectivity index (χ3v) is 7.49. The predicted molar refractivity (Wildman–Crippen MR) is 173 cm³/mol. The van der Waals surface area contributed by atoms with Crippen LogP contribution in [0.4, 0.5) is 5.69 Å². The molecule has 0 aliphatic heterocycles. The maximum Gasteiger partial charge on any atom is 0.311 e. The summed E-state index contributed by atoms with van der Waals surface area (Å²) in [6.45, 7) is 8.61. The normalized spacial score (nSPS) is 11.4. The summed E-state index contributed by atoms with van der Waals surface area (Å²) in [6.07, 6.45) is 1.40. The summed E-state index contributed by atoms with van der Waals surface area (Å²) in [5.74, 6) is 1.37. The van der Waals surface area contributed by atoms with Crippen molar-refractivity contribution in [3.05, 3.63) is 127 Å². The van der Waals surface area contributed by atoms with Gasteiger partial charge >= 0.3 is 5.69 Å². The van der Waals surface area contributed by atoms with Gasteiger partial charge in [0.2, 0.25) is 0 Å². The number of aryl methyl sites for hydroxylation is 1. The molecule has 10 heteroatoms. The molecule has 0 saturated heterocycles. The highest BCUT2D eigenvalue weighted by atomic mass is 35.5. The number of hydrogen-bond acceptors (Lipinski definition) is 7. The van der Waals surface area contributed by atoms with Crippen LogP contribution in [-0.4, -0.2) is 27.4 Å². The van der Waals surface area contributed by atoms with Crippen LogP contribution in [0, 0.1) is 17.0 Å². The van der Waals surface area contributed by atoms with E-state index in [4.69, 9.17) is 26.1 Å². The Bertz CT molecular complexity index is 1950. The van der Waals surface area contributed by atoms with Crippen molar-refractivity contribution in [2.24, 2.45) is 5.10 Å². The van der Waals surface area contributed by atoms with Gasteiger partial charge < -0.3 is 9.47 Å². The molecule has 0 radical (unpaired) electrons. The first-order chi connectivity index (χ1) is 21.2. The smallest absolute Gasteiger partial charge is 0.311 e. The fourth-order valence-corrected chi connectivity index (χ4v) is 5.04. The molecular formula is C34H31ClN4O5. The first-order valence-corrected chi connectivity index (χ1v) is 14.5. The number of nitrogens with zero attached hydrogens (tertiary/aromatic N) is 4. The molecule has 0 N–H and O–H groups in total. The molecule has 0 amide bonds. The molecule has 0 atom stereocenters. The second-order valence-electron chi connectivity index (χ2n) is 10.5. The van der Waals surface area contributed by atoms with Gasteiger partial charge in [-0.25, -0.2) is 4.98 Å². The number of halogens is 1. The van der Waals surface area contributed by atoms with Gasteiger partial charge in [0.25, 0.3) is 5.56 Å². The average molecular weight is 611 g/mol. The lowest BCUT2D eigenvalue weighted by Gasteiger charge is -2.18. The predicted octanol–water partition coefficient (Wildman–Crippen LogP) is 7.92. The minimum atomic E-state index is -0.523. The third-order valence-electron chi connectivity index (χ3n) is 7.12. The van der Waals surface area contributed by atoms with E-state index >= 15 is 0 Å². The van der Waals surface area contributed by atoms with Gasteiger partial charge in [0.05, 0.1) is 28.6 Å². The Hall–Kier alpha value is -5.02. The zero-order valence-electron chi connectivity index (χ0n) is 24.8. The molecule has 9 nitrogen and oxygen atoms in total. The molecule has 0 fully saturated rings. The average Bonchev–Trinajstić information content (AvgIpc) is 3.00. The van der Waals surface area contributed by atoms with E-state index in [1.807, 2.05) is 38.1 Å². The van der Waals surface area contributed by atoms with Crippen LogP contribution in [0.2, 0.25) is 5.02 Å². The summed E-state index contributed by atoms with van der Waals surface area (Å²) in [4.78, 5) is 30.0. The molecule has 0 aliphatic carbocycles. The molecule has 4 aromatic carbocycles. The van der Waals surface area contributed by atoms with Crippen LogP contribution in [0.15, 0.2) is 88.8 Å². The maximum absolute atomic E-state index is 13.8. The van der Waals surface area contributed by atoms with E-state index in [2.05, 4.69) is 18.9 Å². The Morgan fingerprint density at radius 1 is 1.02 bits per heavy atom. The molecular weight excluding hydrogens is 580 g/mol. The van der Waals surface area contributed by atoms with E-state index in [0.717, 1.165) is 22.4 Å². The van der Waals surface area contributed by atoms with Crippen LogP contribution in [0.25, 0.3) is 22.3 Å². The number of nitro benzene ring substituents is 1. The van der Waals surface area contributed by atoms with Crippen molar-refractivity contribution >= 4 is 34.4 Å². The summed E-state index contributed by atoms with van der Waals surface area (Å²) in [7, 11) is 0. The van der Waals surface area contributed by atoms with Crippen LogP contribution in [0.5, 0.6) is 11.5 Å². The quantitative estimate of drug-likeness (QED) is 0.0902. The molecule has 1 aromatic heterocycles. The molecule has 0 unspecified atom stereocenters. The van der Waals surface area contributed by atoms with Crippen molar-refractivity contribution in [2.75, 3.05) is 6.61 Å². The highest BCUT2D eigenvalue weighted by Crippen LogP contribution is 2.34. The minimum absolute atomic E-state index is 0.0647. The molecule has 0 aliphatic rings. The topological polar surface area (TPSA) is 109 Å². The van der Waals surface area contributed by atoms with E-state index in [1.165, 1.54) is 23.0 Å². The van der Waals surface area contributed by atoms with Gasteiger partial charge in [-0.05, 0) is 73.4 Å². The van der Waals surface area contributed by atoms with Crippen LogP contribution in [0.1, 0.15) is 48.9 Å². The first-order valence-electron chi connectivity index (χ1n) is 14.2. The Morgan fingerprint density at radius 3 is 2.50 bits per heavy atom.